The van der Waals surface area contributed by atoms with E-state index in [2.05, 4.69) is 10.5 Å². The van der Waals surface area contributed by atoms with Crippen molar-refractivity contribution in [2.45, 2.75) is 13.0 Å². The molecule has 3 aromatic rings. The van der Waals surface area contributed by atoms with Crippen LogP contribution in [0, 0.1) is 0 Å². The normalized spacial score (nSPS) is 12.5. The molecule has 158 valence electrons. The van der Waals surface area contributed by atoms with Crippen LogP contribution in [-0.4, -0.2) is 25.3 Å². The second kappa shape index (κ2) is 10.00. The third kappa shape index (κ3) is 5.77. The molecule has 1 heterocycles. The Hall–Kier alpha value is -3.51. The van der Waals surface area contributed by atoms with Gasteiger partial charge in [0, 0.05) is 10.6 Å². The molecule has 0 saturated heterocycles. The van der Waals surface area contributed by atoms with Crippen LogP contribution in [0.5, 0.6) is 17.2 Å². The second-order valence-corrected chi connectivity index (χ2v) is 7.34. The van der Waals surface area contributed by atoms with Gasteiger partial charge in [-0.15, -0.1) is 0 Å². The summed E-state index contributed by atoms with van der Waals surface area (Å²) in [4.78, 5) is 12.3. The van der Waals surface area contributed by atoms with Crippen LogP contribution in [0.2, 0.25) is 5.02 Å². The van der Waals surface area contributed by atoms with Gasteiger partial charge in [0.2, 0.25) is 5.91 Å². The van der Waals surface area contributed by atoms with Crippen LogP contribution in [0.3, 0.4) is 0 Å². The predicted molar refractivity (Wildman–Crippen MR) is 119 cm³/mol. The average Bonchev–Trinajstić information content (AvgIpc) is 2.78. The van der Waals surface area contributed by atoms with Gasteiger partial charge in [-0.1, -0.05) is 41.9 Å². The van der Waals surface area contributed by atoms with E-state index in [0.717, 1.165) is 16.7 Å². The van der Waals surface area contributed by atoms with E-state index in [4.69, 9.17) is 25.8 Å². The number of halogens is 1. The fourth-order valence-corrected chi connectivity index (χ4v) is 3.32. The predicted octanol–water partition coefficient (Wildman–Crippen LogP) is 4.38. The third-order valence-corrected chi connectivity index (χ3v) is 4.80. The van der Waals surface area contributed by atoms with Crippen molar-refractivity contribution in [1.29, 1.82) is 0 Å². The molecule has 0 fully saturated rings. The summed E-state index contributed by atoms with van der Waals surface area (Å²) in [6.07, 6.45) is 1.75. The zero-order valence-corrected chi connectivity index (χ0v) is 17.5. The molecule has 0 bridgehead atoms. The number of nitrogens with one attached hydrogen (secondary N) is 1. The Labute approximate surface area is 185 Å². The Morgan fingerprint density at radius 3 is 2.71 bits per heavy atom. The molecule has 0 radical (unpaired) electrons. The van der Waals surface area contributed by atoms with Crippen LogP contribution in [0.1, 0.15) is 16.7 Å². The third-order valence-electron chi connectivity index (χ3n) is 4.57. The molecule has 1 N–H and O–H groups in total. The van der Waals surface area contributed by atoms with Crippen molar-refractivity contribution in [2.75, 3.05) is 13.2 Å². The zero-order valence-electron chi connectivity index (χ0n) is 16.7. The first kappa shape index (κ1) is 20.8. The van der Waals surface area contributed by atoms with Gasteiger partial charge in [-0.25, -0.2) is 5.43 Å². The zero-order chi connectivity index (χ0) is 21.5. The maximum Gasteiger partial charge on any atom is 0.244 e. The van der Waals surface area contributed by atoms with Gasteiger partial charge < -0.3 is 14.2 Å². The van der Waals surface area contributed by atoms with Gasteiger partial charge in [-0.05, 0) is 47.5 Å². The topological polar surface area (TPSA) is 69.2 Å². The molecule has 0 aliphatic carbocycles. The molecule has 3 aromatic carbocycles. The highest BCUT2D eigenvalue weighted by atomic mass is 35.5. The van der Waals surface area contributed by atoms with Crippen molar-refractivity contribution in [2.24, 2.45) is 5.10 Å². The van der Waals surface area contributed by atoms with Crippen molar-refractivity contribution in [1.82, 2.24) is 5.43 Å². The van der Waals surface area contributed by atoms with Gasteiger partial charge in [-0.3, -0.25) is 4.79 Å². The number of hydrazone groups is 1. The maximum absolute atomic E-state index is 12.3. The fraction of sp³-hybridized carbons (Fsp3) is 0.167. The lowest BCUT2D eigenvalue weighted by molar-refractivity contribution is -0.120. The van der Waals surface area contributed by atoms with Crippen LogP contribution >= 0.6 is 11.6 Å². The van der Waals surface area contributed by atoms with Crippen molar-refractivity contribution >= 4 is 23.7 Å². The van der Waals surface area contributed by atoms with E-state index in [-0.39, 0.29) is 12.3 Å². The lowest BCUT2D eigenvalue weighted by atomic mass is 10.1. The van der Waals surface area contributed by atoms with Crippen molar-refractivity contribution in [3.05, 3.63) is 88.4 Å². The molecule has 1 aliphatic rings. The summed E-state index contributed by atoms with van der Waals surface area (Å²) >= 11 is 6.02. The van der Waals surface area contributed by atoms with Crippen molar-refractivity contribution < 1.29 is 19.0 Å². The van der Waals surface area contributed by atoms with Gasteiger partial charge >= 0.3 is 0 Å². The highest BCUT2D eigenvalue weighted by Gasteiger charge is 2.13. The van der Waals surface area contributed by atoms with E-state index in [1.165, 1.54) is 0 Å². The smallest absolute Gasteiger partial charge is 0.244 e. The Balaban J connectivity index is 1.34. The van der Waals surface area contributed by atoms with E-state index in [0.29, 0.717) is 42.1 Å². The number of hydrogen-bond donors (Lipinski definition) is 1. The number of hydrogen-bond acceptors (Lipinski definition) is 5. The van der Waals surface area contributed by atoms with Crippen LogP contribution in [0.25, 0.3) is 0 Å². The number of rotatable bonds is 7. The number of carbonyl (C=O) groups excluding carboxylic acids is 1. The summed E-state index contributed by atoms with van der Waals surface area (Å²) < 4.78 is 16.9. The SMILES string of the molecule is O=C(Cc1ccc2c(c1)OCCO2)N/N=C/c1ccccc1OCc1cccc(Cl)c1. The number of para-hydroxylation sites is 1. The summed E-state index contributed by atoms with van der Waals surface area (Å²) in [7, 11) is 0. The summed E-state index contributed by atoms with van der Waals surface area (Å²) in [5, 5.41) is 4.74. The molecule has 0 atom stereocenters. The van der Waals surface area contributed by atoms with Crippen LogP contribution in [0.4, 0.5) is 0 Å². The standard InChI is InChI=1S/C24H21ClN2O4/c25-20-6-3-4-18(12-20)16-31-21-7-2-1-5-19(21)15-26-27-24(28)14-17-8-9-22-23(13-17)30-11-10-29-22/h1-9,12-13,15H,10-11,14,16H2,(H,27,28)/b26-15+. The Morgan fingerprint density at radius 2 is 1.84 bits per heavy atom. The minimum atomic E-state index is -0.231. The Kier molecular flexibility index (Phi) is 6.69. The molecule has 1 amide bonds. The lowest BCUT2D eigenvalue weighted by Gasteiger charge is -2.18. The summed E-state index contributed by atoms with van der Waals surface area (Å²) in [5.41, 5.74) is 5.09. The lowest BCUT2D eigenvalue weighted by Crippen LogP contribution is -2.20. The van der Waals surface area contributed by atoms with Crippen LogP contribution in [0.15, 0.2) is 71.8 Å². The molecule has 0 saturated carbocycles. The van der Waals surface area contributed by atoms with Crippen molar-refractivity contribution in [3.8, 4) is 17.2 Å². The number of ether oxygens (including phenoxy) is 3. The molecule has 4 rings (SSSR count). The van der Waals surface area contributed by atoms with E-state index in [1.807, 2.05) is 66.7 Å². The van der Waals surface area contributed by atoms with Crippen LogP contribution in [-0.2, 0) is 17.8 Å². The molecule has 31 heavy (non-hydrogen) atoms. The first-order valence-electron chi connectivity index (χ1n) is 9.84. The highest BCUT2D eigenvalue weighted by molar-refractivity contribution is 6.30. The summed E-state index contributed by atoms with van der Waals surface area (Å²) in [6.45, 7) is 1.42. The van der Waals surface area contributed by atoms with Gasteiger partial charge in [0.25, 0.3) is 0 Å². The number of carbonyl (C=O) groups is 1. The summed E-state index contributed by atoms with van der Waals surface area (Å²) in [6, 6.07) is 20.4. The Morgan fingerprint density at radius 1 is 1.00 bits per heavy atom. The molecule has 1 aliphatic heterocycles. The van der Waals surface area contributed by atoms with Gasteiger partial charge in [0.05, 0.1) is 12.6 Å². The number of fused-ring (bicyclic) bond motifs is 1. The number of amides is 1. The maximum atomic E-state index is 12.3. The quantitative estimate of drug-likeness (QED) is 0.440. The molecule has 6 nitrogen and oxygen atoms in total. The van der Waals surface area contributed by atoms with E-state index < -0.39 is 0 Å². The average molecular weight is 437 g/mol. The minimum Gasteiger partial charge on any atom is -0.488 e. The molecule has 0 spiro atoms. The molecule has 7 heteroatoms. The molecule has 0 unspecified atom stereocenters. The minimum absolute atomic E-state index is 0.181. The van der Waals surface area contributed by atoms with Gasteiger partial charge in [-0.2, -0.15) is 5.10 Å². The fourth-order valence-electron chi connectivity index (χ4n) is 3.10. The molecular weight excluding hydrogens is 416 g/mol. The first-order chi connectivity index (χ1) is 15.2. The Bertz CT molecular complexity index is 1100. The second-order valence-electron chi connectivity index (χ2n) is 6.90. The highest BCUT2D eigenvalue weighted by Crippen LogP contribution is 2.30. The van der Waals surface area contributed by atoms with Crippen molar-refractivity contribution in [3.63, 3.8) is 0 Å². The monoisotopic (exact) mass is 436 g/mol. The summed E-state index contributed by atoms with van der Waals surface area (Å²) in [5.74, 6) is 1.78. The van der Waals surface area contributed by atoms with E-state index in [1.54, 1.807) is 6.21 Å². The van der Waals surface area contributed by atoms with Gasteiger partial charge in [0.1, 0.15) is 25.6 Å². The van der Waals surface area contributed by atoms with Gasteiger partial charge in [0.15, 0.2) is 11.5 Å². The van der Waals surface area contributed by atoms with E-state index in [9.17, 15) is 4.79 Å². The number of nitrogens with zero attached hydrogens (tertiary/aromatic N) is 1. The number of benzene rings is 3. The molecule has 0 aromatic heterocycles. The van der Waals surface area contributed by atoms with E-state index >= 15 is 0 Å². The molecular formula is C24H21ClN2O4. The first-order valence-corrected chi connectivity index (χ1v) is 10.2. The van der Waals surface area contributed by atoms with Crippen LogP contribution < -0.4 is 19.6 Å². The largest absolute Gasteiger partial charge is 0.488 e.